The maximum Gasteiger partial charge on any atom is 0.342 e. The smallest absolute Gasteiger partial charge is 0.342 e. The zero-order valence-electron chi connectivity index (χ0n) is 12.5. The van der Waals surface area contributed by atoms with Crippen molar-refractivity contribution in [1.29, 1.82) is 0 Å². The molecule has 1 aromatic heterocycles. The molecule has 22 heavy (non-hydrogen) atoms. The molecule has 3 rings (SSSR count). The van der Waals surface area contributed by atoms with Gasteiger partial charge in [0.25, 0.3) is 0 Å². The molecule has 1 aromatic carbocycles. The lowest BCUT2D eigenvalue weighted by Crippen LogP contribution is -2.25. The first-order valence-electron chi connectivity index (χ1n) is 7.43. The monoisotopic (exact) mass is 298 g/mol. The third kappa shape index (κ3) is 3.42. The summed E-state index contributed by atoms with van der Waals surface area (Å²) in [7, 11) is 0. The first-order valence-corrected chi connectivity index (χ1v) is 7.43. The highest BCUT2D eigenvalue weighted by molar-refractivity contribution is 5.92. The Morgan fingerprint density at radius 2 is 2.05 bits per heavy atom. The van der Waals surface area contributed by atoms with Crippen molar-refractivity contribution in [3.8, 4) is 5.75 Å². The average molecular weight is 298 g/mol. The van der Waals surface area contributed by atoms with Crippen LogP contribution in [-0.4, -0.2) is 22.0 Å². The minimum atomic E-state index is -0.405. The van der Waals surface area contributed by atoms with Crippen LogP contribution < -0.4 is 4.74 Å². The molecule has 1 fully saturated rings. The van der Waals surface area contributed by atoms with E-state index in [1.165, 1.54) is 6.42 Å². The van der Waals surface area contributed by atoms with Crippen LogP contribution in [-0.2, 0) is 11.3 Å². The van der Waals surface area contributed by atoms with Gasteiger partial charge in [-0.05, 0) is 38.3 Å². The molecule has 0 N–H and O–H groups in total. The number of hydrogen-bond donors (Lipinski definition) is 0. The van der Waals surface area contributed by atoms with Gasteiger partial charge in [-0.2, -0.15) is 0 Å². The first-order chi connectivity index (χ1) is 10.7. The molecule has 1 aliphatic carbocycles. The van der Waals surface area contributed by atoms with Crippen molar-refractivity contribution in [2.75, 3.05) is 0 Å². The van der Waals surface area contributed by atoms with E-state index in [0.29, 0.717) is 17.0 Å². The largest absolute Gasteiger partial charge is 0.490 e. The molecule has 0 spiro atoms. The zero-order valence-corrected chi connectivity index (χ0v) is 12.5. The Balaban J connectivity index is 1.65. The standard InChI is InChI=1S/C17H18N2O3/c1-12-9-19-13(10-18-12)11-21-17(20)15-7-2-3-8-16(15)22-14-5-4-6-14/h2-3,7-10,14H,4-6,11H2,1H3. The molecule has 1 saturated carbocycles. The number of aryl methyl sites for hydroxylation is 1. The van der Waals surface area contributed by atoms with E-state index < -0.39 is 5.97 Å². The van der Waals surface area contributed by atoms with Crippen LogP contribution in [0.3, 0.4) is 0 Å². The van der Waals surface area contributed by atoms with Gasteiger partial charge in [0.05, 0.1) is 23.7 Å². The van der Waals surface area contributed by atoms with E-state index in [2.05, 4.69) is 9.97 Å². The Kier molecular flexibility index (Phi) is 4.32. The summed E-state index contributed by atoms with van der Waals surface area (Å²) in [4.78, 5) is 20.5. The van der Waals surface area contributed by atoms with Crippen LogP contribution in [0, 0.1) is 6.92 Å². The summed E-state index contributed by atoms with van der Waals surface area (Å²) in [6.45, 7) is 1.96. The van der Waals surface area contributed by atoms with Gasteiger partial charge >= 0.3 is 5.97 Å². The molecule has 0 amide bonds. The van der Waals surface area contributed by atoms with Gasteiger partial charge in [0.15, 0.2) is 0 Å². The molecule has 114 valence electrons. The molecule has 1 heterocycles. The Morgan fingerprint density at radius 3 is 2.73 bits per heavy atom. The van der Waals surface area contributed by atoms with Gasteiger partial charge in [0.1, 0.15) is 17.9 Å². The zero-order chi connectivity index (χ0) is 15.4. The number of rotatable bonds is 5. The Bertz CT molecular complexity index is 651. The molecule has 0 unspecified atom stereocenters. The van der Waals surface area contributed by atoms with Gasteiger partial charge in [-0.25, -0.2) is 4.79 Å². The summed E-state index contributed by atoms with van der Waals surface area (Å²) in [5, 5.41) is 0. The predicted molar refractivity (Wildman–Crippen MR) is 80.6 cm³/mol. The van der Waals surface area contributed by atoms with Crippen molar-refractivity contribution >= 4 is 5.97 Å². The number of ether oxygens (including phenoxy) is 2. The Hall–Kier alpha value is -2.43. The average Bonchev–Trinajstić information content (AvgIpc) is 2.50. The van der Waals surface area contributed by atoms with Crippen molar-refractivity contribution < 1.29 is 14.3 Å². The third-order valence-electron chi connectivity index (χ3n) is 3.64. The number of esters is 1. The quantitative estimate of drug-likeness (QED) is 0.794. The van der Waals surface area contributed by atoms with Crippen molar-refractivity contribution in [2.24, 2.45) is 0 Å². The van der Waals surface area contributed by atoms with Gasteiger partial charge in [-0.3, -0.25) is 9.97 Å². The second-order valence-electron chi connectivity index (χ2n) is 5.39. The van der Waals surface area contributed by atoms with Crippen LogP contribution in [0.15, 0.2) is 36.7 Å². The number of carbonyl (C=O) groups excluding carboxylic acids is 1. The van der Waals surface area contributed by atoms with E-state index in [1.54, 1.807) is 30.6 Å². The van der Waals surface area contributed by atoms with Crippen LogP contribution >= 0.6 is 0 Å². The van der Waals surface area contributed by atoms with Crippen molar-refractivity contribution in [1.82, 2.24) is 9.97 Å². The van der Waals surface area contributed by atoms with E-state index in [4.69, 9.17) is 9.47 Å². The lowest BCUT2D eigenvalue weighted by Gasteiger charge is -2.27. The Morgan fingerprint density at radius 1 is 1.23 bits per heavy atom. The van der Waals surface area contributed by atoms with E-state index >= 15 is 0 Å². The third-order valence-corrected chi connectivity index (χ3v) is 3.64. The van der Waals surface area contributed by atoms with Gasteiger partial charge in [0.2, 0.25) is 0 Å². The molecule has 0 radical (unpaired) electrons. The molecule has 2 aromatic rings. The predicted octanol–water partition coefficient (Wildman–Crippen LogP) is 3.07. The number of benzene rings is 1. The number of para-hydroxylation sites is 1. The molecule has 5 heteroatoms. The van der Waals surface area contributed by atoms with Gasteiger partial charge in [-0.1, -0.05) is 12.1 Å². The summed E-state index contributed by atoms with van der Waals surface area (Å²) >= 11 is 0. The van der Waals surface area contributed by atoms with E-state index in [-0.39, 0.29) is 12.7 Å². The molecule has 1 aliphatic rings. The fourth-order valence-electron chi connectivity index (χ4n) is 2.12. The topological polar surface area (TPSA) is 61.3 Å². The highest BCUT2D eigenvalue weighted by atomic mass is 16.5. The van der Waals surface area contributed by atoms with Crippen LogP contribution in [0.25, 0.3) is 0 Å². The van der Waals surface area contributed by atoms with E-state index in [1.807, 2.05) is 13.0 Å². The van der Waals surface area contributed by atoms with Crippen LogP contribution in [0.1, 0.15) is 41.0 Å². The van der Waals surface area contributed by atoms with Crippen molar-refractivity contribution in [2.45, 2.75) is 38.9 Å². The molecule has 0 bridgehead atoms. The highest BCUT2D eigenvalue weighted by Gasteiger charge is 2.22. The van der Waals surface area contributed by atoms with Gasteiger partial charge in [0, 0.05) is 6.20 Å². The minimum Gasteiger partial charge on any atom is -0.490 e. The SMILES string of the molecule is Cc1cnc(COC(=O)c2ccccc2OC2CCC2)cn1. The normalized spacial score (nSPS) is 14.2. The summed E-state index contributed by atoms with van der Waals surface area (Å²) in [5.74, 6) is 0.185. The maximum atomic E-state index is 12.2. The van der Waals surface area contributed by atoms with Crippen LogP contribution in [0.2, 0.25) is 0 Å². The number of carbonyl (C=O) groups is 1. The summed E-state index contributed by atoms with van der Waals surface area (Å²) in [6.07, 6.45) is 6.75. The molecular weight excluding hydrogens is 280 g/mol. The lowest BCUT2D eigenvalue weighted by atomic mass is 9.96. The number of hydrogen-bond acceptors (Lipinski definition) is 5. The fourth-order valence-corrected chi connectivity index (χ4v) is 2.12. The van der Waals surface area contributed by atoms with Crippen molar-refractivity contribution in [3.63, 3.8) is 0 Å². The van der Waals surface area contributed by atoms with Crippen LogP contribution in [0.4, 0.5) is 0 Å². The lowest BCUT2D eigenvalue weighted by molar-refractivity contribution is 0.0454. The summed E-state index contributed by atoms with van der Waals surface area (Å²) < 4.78 is 11.1. The molecule has 0 atom stereocenters. The molecule has 5 nitrogen and oxygen atoms in total. The maximum absolute atomic E-state index is 12.2. The van der Waals surface area contributed by atoms with E-state index in [0.717, 1.165) is 18.5 Å². The fraction of sp³-hybridized carbons (Fsp3) is 0.353. The highest BCUT2D eigenvalue weighted by Crippen LogP contribution is 2.28. The Labute approximate surface area is 129 Å². The van der Waals surface area contributed by atoms with Gasteiger partial charge < -0.3 is 9.47 Å². The van der Waals surface area contributed by atoms with Gasteiger partial charge in [-0.15, -0.1) is 0 Å². The second-order valence-corrected chi connectivity index (χ2v) is 5.39. The minimum absolute atomic E-state index is 0.101. The molecular formula is C17H18N2O3. The van der Waals surface area contributed by atoms with E-state index in [9.17, 15) is 4.79 Å². The number of aromatic nitrogens is 2. The summed E-state index contributed by atoms with van der Waals surface area (Å²) in [6, 6.07) is 7.18. The van der Waals surface area contributed by atoms with Crippen LogP contribution in [0.5, 0.6) is 5.75 Å². The summed E-state index contributed by atoms with van der Waals surface area (Å²) in [5.41, 5.74) is 1.90. The first kappa shape index (κ1) is 14.5. The second kappa shape index (κ2) is 6.56. The molecule has 0 aliphatic heterocycles. The number of nitrogens with zero attached hydrogens (tertiary/aromatic N) is 2. The molecule has 0 saturated heterocycles. The van der Waals surface area contributed by atoms with Crippen molar-refractivity contribution in [3.05, 3.63) is 53.6 Å².